The van der Waals surface area contributed by atoms with Crippen molar-refractivity contribution < 1.29 is 90.6 Å². The van der Waals surface area contributed by atoms with E-state index in [1.807, 2.05) is 18.2 Å². The van der Waals surface area contributed by atoms with Gasteiger partial charge in [-0.25, -0.2) is 13.7 Å². The van der Waals surface area contributed by atoms with Gasteiger partial charge in [0.15, 0.2) is 6.10 Å². The van der Waals surface area contributed by atoms with Crippen LogP contribution in [0.4, 0.5) is 0 Å². The maximum Gasteiger partial charge on any atom is 0.472 e. The number of rotatable bonds is 41. The molecule has 1 fully saturated rings. The van der Waals surface area contributed by atoms with Crippen LogP contribution < -0.4 is 0 Å². The van der Waals surface area contributed by atoms with Crippen LogP contribution in [0.25, 0.3) is 0 Å². The van der Waals surface area contributed by atoms with Crippen LogP contribution in [-0.2, 0) is 50.9 Å². The van der Waals surface area contributed by atoms with Gasteiger partial charge in [0.1, 0.15) is 43.2 Å². The number of unbranched alkanes of at least 4 members (excludes halogenated alkanes) is 17. The molecule has 0 saturated heterocycles. The normalized spacial score (nSPS) is 21.9. The molecule has 0 radical (unpaired) electrons. The van der Waals surface area contributed by atoms with Crippen molar-refractivity contribution in [3.8, 4) is 0 Å². The lowest BCUT2D eigenvalue weighted by atomic mass is 9.85. The number of phosphoric acid groups is 3. The zero-order valence-corrected chi connectivity index (χ0v) is 42.8. The molecule has 0 aromatic heterocycles. The molecule has 1 aliphatic rings. The van der Waals surface area contributed by atoms with E-state index < -0.39 is 91.3 Å². The number of carbonyl (C=O) groups is 2. The second-order valence-corrected chi connectivity index (χ2v) is 20.8. The number of allylic oxidation sites excluding steroid dienone is 8. The molecule has 1 rings (SSSR count). The molecule has 0 spiro atoms. The van der Waals surface area contributed by atoms with Gasteiger partial charge in [0.25, 0.3) is 0 Å². The maximum atomic E-state index is 13.1. The summed E-state index contributed by atoms with van der Waals surface area (Å²) in [5.41, 5.74) is 0. The van der Waals surface area contributed by atoms with Crippen LogP contribution in [0.15, 0.2) is 48.6 Å². The average Bonchev–Trinajstić information content (AvgIpc) is 3.27. The fraction of sp³-hybridized carbons (Fsp3) is 0.783. The minimum absolute atomic E-state index is 0.0700. The number of ether oxygens (including phenoxy) is 2. The van der Waals surface area contributed by atoms with Gasteiger partial charge in [0, 0.05) is 12.8 Å². The third-order valence-corrected chi connectivity index (χ3v) is 12.9. The molecule has 0 aliphatic heterocycles. The first-order valence-electron chi connectivity index (χ1n) is 24.4. The van der Waals surface area contributed by atoms with Crippen LogP contribution in [0.5, 0.6) is 0 Å². The van der Waals surface area contributed by atoms with E-state index in [1.54, 1.807) is 0 Å². The SMILES string of the molecule is CCCCC/C=C\C/C=C\C/C=C\C/C=C\CCCC(=O)O[C@H](COC(=O)CCCCCCCCCCCCCCCC)COP(=O)(O)O[C@H]1C(O)C(OP(=O)(O)O)C(OP(=O)(O)O)[C@@H](O)C1O. The molecule has 0 aromatic carbocycles. The fourth-order valence-electron chi connectivity index (χ4n) is 7.22. The topological polar surface area (TPSA) is 303 Å². The Morgan fingerprint density at radius 3 is 1.35 bits per heavy atom. The summed E-state index contributed by atoms with van der Waals surface area (Å²) in [6.07, 6.45) is 24.2. The lowest BCUT2D eigenvalue weighted by Gasteiger charge is -2.44. The maximum absolute atomic E-state index is 13.1. The highest BCUT2D eigenvalue weighted by atomic mass is 31.2. The summed E-state index contributed by atoms with van der Waals surface area (Å²) < 4.78 is 65.4. The van der Waals surface area contributed by atoms with E-state index in [1.165, 1.54) is 77.0 Å². The molecule has 0 amide bonds. The molecule has 1 aliphatic carbocycles. The molecule has 0 heterocycles. The Morgan fingerprint density at radius 2 is 0.868 bits per heavy atom. The lowest BCUT2D eigenvalue weighted by Crippen LogP contribution is -2.65. The van der Waals surface area contributed by atoms with Crippen LogP contribution in [0, 0.1) is 0 Å². The predicted octanol–water partition coefficient (Wildman–Crippen LogP) is 9.01. The molecule has 68 heavy (non-hydrogen) atoms. The summed E-state index contributed by atoms with van der Waals surface area (Å²) in [7, 11) is -16.6. The summed E-state index contributed by atoms with van der Waals surface area (Å²) >= 11 is 0. The highest BCUT2D eigenvalue weighted by Crippen LogP contribution is 2.51. The van der Waals surface area contributed by atoms with Crippen molar-refractivity contribution in [2.45, 2.75) is 217 Å². The van der Waals surface area contributed by atoms with Crippen LogP contribution in [0.2, 0.25) is 0 Å². The number of aliphatic hydroxyl groups is 3. The zero-order valence-electron chi connectivity index (χ0n) is 40.2. The monoisotopic (exact) mass is 1030 g/mol. The predicted molar refractivity (Wildman–Crippen MR) is 257 cm³/mol. The van der Waals surface area contributed by atoms with Gasteiger partial charge in [-0.1, -0.05) is 159 Å². The quantitative estimate of drug-likeness (QED) is 0.0123. The van der Waals surface area contributed by atoms with Gasteiger partial charge in [0.05, 0.1) is 6.61 Å². The molecule has 19 nitrogen and oxygen atoms in total. The molecular formula is C46H83O19P3. The second kappa shape index (κ2) is 37.8. The van der Waals surface area contributed by atoms with Gasteiger partial charge < -0.3 is 49.3 Å². The van der Waals surface area contributed by atoms with E-state index in [2.05, 4.69) is 53.3 Å². The van der Waals surface area contributed by atoms with E-state index >= 15 is 0 Å². The highest BCUT2D eigenvalue weighted by Gasteiger charge is 2.56. The van der Waals surface area contributed by atoms with E-state index in [0.29, 0.717) is 25.7 Å². The van der Waals surface area contributed by atoms with Crippen molar-refractivity contribution in [2.24, 2.45) is 0 Å². The molecule has 8 atom stereocenters. The van der Waals surface area contributed by atoms with Crippen molar-refractivity contribution >= 4 is 35.4 Å². The molecule has 8 N–H and O–H groups in total. The molecule has 22 heteroatoms. The Labute approximate surface area is 403 Å². The first kappa shape index (κ1) is 64.1. The number of carbonyl (C=O) groups excluding carboxylic acids is 2. The molecule has 396 valence electrons. The summed E-state index contributed by atoms with van der Waals surface area (Å²) in [6, 6.07) is 0. The highest BCUT2D eigenvalue weighted by molar-refractivity contribution is 7.47. The van der Waals surface area contributed by atoms with Gasteiger partial charge >= 0.3 is 35.4 Å². The molecule has 0 aromatic rings. The fourth-order valence-corrected chi connectivity index (χ4v) is 9.32. The Kier molecular flexibility index (Phi) is 35.7. The summed E-state index contributed by atoms with van der Waals surface area (Å²) in [5.74, 6) is -1.36. The van der Waals surface area contributed by atoms with Crippen molar-refractivity contribution in [1.82, 2.24) is 0 Å². The Morgan fingerprint density at radius 1 is 0.471 bits per heavy atom. The smallest absolute Gasteiger partial charge is 0.462 e. The lowest BCUT2D eigenvalue weighted by molar-refractivity contribution is -0.213. The van der Waals surface area contributed by atoms with Gasteiger partial charge in [0.2, 0.25) is 0 Å². The number of hydrogen-bond donors (Lipinski definition) is 8. The van der Waals surface area contributed by atoms with Crippen molar-refractivity contribution in [3.05, 3.63) is 48.6 Å². The first-order valence-corrected chi connectivity index (χ1v) is 29.0. The van der Waals surface area contributed by atoms with Gasteiger partial charge in [-0.2, -0.15) is 0 Å². The van der Waals surface area contributed by atoms with Gasteiger partial charge in [-0.15, -0.1) is 0 Å². The van der Waals surface area contributed by atoms with Gasteiger partial charge in [-0.05, 0) is 51.4 Å². The number of hydrogen-bond acceptors (Lipinski definition) is 14. The summed E-state index contributed by atoms with van der Waals surface area (Å²) in [4.78, 5) is 73.2. The van der Waals surface area contributed by atoms with Crippen molar-refractivity contribution in [3.63, 3.8) is 0 Å². The molecule has 5 unspecified atom stereocenters. The standard InChI is InChI=1S/C46H83O19P3/c1-3-5-7-9-11-13-15-17-19-20-21-23-25-27-29-31-33-35-40(48)62-38(36-60-39(47)34-32-30-28-26-24-22-18-16-14-12-10-8-6-4-2)37-61-68(58,59)65-44-41(49)42(50)45(63-66(52,53)54)46(43(44)51)64-67(55,56)57/h11,13,17,19,21,23,27,29,38,41-46,49-51H,3-10,12,14-16,18,20,22,24-26,28,30-37H2,1-2H3,(H,58,59)(H2,52,53,54)(H2,55,56,57)/b13-11-,19-17-,23-21-,29-27-/t38-,41?,42+,43?,44-,45?,46?/m1/s1. The average molecular weight is 1030 g/mol. The third kappa shape index (κ3) is 33.7. The molecule has 1 saturated carbocycles. The number of phosphoric ester groups is 3. The summed E-state index contributed by atoms with van der Waals surface area (Å²) in [6.45, 7) is 2.88. The summed E-state index contributed by atoms with van der Waals surface area (Å²) in [5, 5.41) is 31.9. The van der Waals surface area contributed by atoms with E-state index in [-0.39, 0.29) is 12.8 Å². The van der Waals surface area contributed by atoms with Crippen LogP contribution >= 0.6 is 23.5 Å². The van der Waals surface area contributed by atoms with E-state index in [4.69, 9.17) is 18.5 Å². The Balaban J connectivity index is 2.76. The van der Waals surface area contributed by atoms with Crippen LogP contribution in [0.1, 0.15) is 174 Å². The Hall–Kier alpha value is -1.89. The van der Waals surface area contributed by atoms with Crippen LogP contribution in [0.3, 0.4) is 0 Å². The zero-order chi connectivity index (χ0) is 50.7. The van der Waals surface area contributed by atoms with Gasteiger partial charge in [-0.3, -0.25) is 27.7 Å². The minimum Gasteiger partial charge on any atom is -0.462 e. The second-order valence-electron chi connectivity index (χ2n) is 17.0. The third-order valence-electron chi connectivity index (χ3n) is 10.9. The van der Waals surface area contributed by atoms with Crippen LogP contribution in [-0.4, -0.2) is 108 Å². The van der Waals surface area contributed by atoms with Crippen molar-refractivity contribution in [2.75, 3.05) is 13.2 Å². The molecular weight excluding hydrogens is 949 g/mol. The largest absolute Gasteiger partial charge is 0.472 e. The molecule has 0 bridgehead atoms. The first-order chi connectivity index (χ1) is 32.3. The number of aliphatic hydroxyl groups excluding tert-OH is 3. The van der Waals surface area contributed by atoms with E-state index in [9.17, 15) is 63.1 Å². The van der Waals surface area contributed by atoms with Crippen molar-refractivity contribution in [1.29, 1.82) is 0 Å². The minimum atomic E-state index is -5.61. The number of esters is 2. The van der Waals surface area contributed by atoms with E-state index in [0.717, 1.165) is 44.9 Å². The Bertz CT molecular complexity index is 1610.